The minimum Gasteiger partial charge on any atom is -0.383 e. The molecule has 6 heteroatoms. The molecule has 5 nitrogen and oxygen atoms in total. The molecule has 0 saturated carbocycles. The molecule has 1 aliphatic rings. The van der Waals surface area contributed by atoms with Gasteiger partial charge in [0.15, 0.2) is 0 Å². The predicted octanol–water partition coefficient (Wildman–Crippen LogP) is 2.00. The lowest BCUT2D eigenvalue weighted by Crippen LogP contribution is -2.34. The molecule has 116 valence electrons. The van der Waals surface area contributed by atoms with Gasteiger partial charge in [0.25, 0.3) is 0 Å². The summed E-state index contributed by atoms with van der Waals surface area (Å²) in [7, 11) is 1.62. The summed E-state index contributed by atoms with van der Waals surface area (Å²) in [6, 6.07) is 7.80. The van der Waals surface area contributed by atoms with Gasteiger partial charge in [-0.2, -0.15) is 11.8 Å². The van der Waals surface area contributed by atoms with Gasteiger partial charge in [-0.25, -0.2) is 4.79 Å². The van der Waals surface area contributed by atoms with Gasteiger partial charge < -0.3 is 15.4 Å². The number of urea groups is 1. The van der Waals surface area contributed by atoms with Crippen LogP contribution in [-0.2, 0) is 11.3 Å². The van der Waals surface area contributed by atoms with Crippen molar-refractivity contribution in [3.63, 3.8) is 0 Å². The molecule has 2 amide bonds. The predicted molar refractivity (Wildman–Crippen MR) is 87.9 cm³/mol. The number of hydrogen-bond donors (Lipinski definition) is 2. The van der Waals surface area contributed by atoms with Gasteiger partial charge in [-0.05, 0) is 11.6 Å². The Kier molecular flexibility index (Phi) is 6.85. The Bertz CT molecular complexity index is 450. The molecule has 2 rings (SSSR count). The van der Waals surface area contributed by atoms with Crippen LogP contribution >= 0.6 is 11.8 Å². The normalized spacial score (nSPS) is 15.7. The number of amides is 2. The number of para-hydroxylation sites is 1. The van der Waals surface area contributed by atoms with E-state index in [1.54, 1.807) is 7.11 Å². The Labute approximate surface area is 130 Å². The number of thioether (sulfide) groups is 1. The fourth-order valence-corrected chi connectivity index (χ4v) is 3.19. The van der Waals surface area contributed by atoms with E-state index >= 15 is 0 Å². The van der Waals surface area contributed by atoms with Crippen LogP contribution in [0.1, 0.15) is 5.56 Å². The average molecular weight is 309 g/mol. The molecule has 0 aliphatic carbocycles. The van der Waals surface area contributed by atoms with Crippen molar-refractivity contribution < 1.29 is 9.53 Å². The van der Waals surface area contributed by atoms with Crippen molar-refractivity contribution in [2.75, 3.05) is 50.2 Å². The van der Waals surface area contributed by atoms with Gasteiger partial charge in [-0.1, -0.05) is 18.2 Å². The molecule has 0 aromatic heterocycles. The molecule has 0 spiro atoms. The van der Waals surface area contributed by atoms with Gasteiger partial charge in [0.1, 0.15) is 0 Å². The molecule has 1 aliphatic heterocycles. The van der Waals surface area contributed by atoms with Gasteiger partial charge in [-0.15, -0.1) is 0 Å². The zero-order valence-corrected chi connectivity index (χ0v) is 13.2. The Hall–Kier alpha value is -1.24. The van der Waals surface area contributed by atoms with Crippen LogP contribution in [0.5, 0.6) is 0 Å². The second kappa shape index (κ2) is 8.92. The molecule has 0 radical (unpaired) electrons. The van der Waals surface area contributed by atoms with E-state index in [1.165, 1.54) is 11.5 Å². The highest BCUT2D eigenvalue weighted by atomic mass is 32.2. The highest BCUT2D eigenvalue weighted by Gasteiger charge is 2.13. The second-order valence-corrected chi connectivity index (χ2v) is 6.14. The van der Waals surface area contributed by atoms with E-state index in [9.17, 15) is 4.79 Å². The zero-order chi connectivity index (χ0) is 14.9. The number of carbonyl (C=O) groups is 1. The number of nitrogens with one attached hydrogen (secondary N) is 2. The topological polar surface area (TPSA) is 53.6 Å². The highest BCUT2D eigenvalue weighted by molar-refractivity contribution is 7.99. The molecule has 1 saturated heterocycles. The van der Waals surface area contributed by atoms with Crippen LogP contribution < -0.4 is 10.6 Å². The lowest BCUT2D eigenvalue weighted by molar-refractivity contribution is 0.198. The summed E-state index contributed by atoms with van der Waals surface area (Å²) < 4.78 is 4.92. The number of hydrogen-bond acceptors (Lipinski definition) is 4. The minimum absolute atomic E-state index is 0.186. The molecule has 1 aromatic carbocycles. The summed E-state index contributed by atoms with van der Waals surface area (Å²) in [6.45, 7) is 4.13. The van der Waals surface area contributed by atoms with E-state index in [0.29, 0.717) is 13.2 Å². The summed E-state index contributed by atoms with van der Waals surface area (Å²) in [4.78, 5) is 14.3. The molecular formula is C15H23N3O2S. The van der Waals surface area contributed by atoms with Crippen LogP contribution in [0, 0.1) is 0 Å². The summed E-state index contributed by atoms with van der Waals surface area (Å²) in [6.07, 6.45) is 0. The van der Waals surface area contributed by atoms with Gasteiger partial charge >= 0.3 is 6.03 Å². The number of nitrogens with zero attached hydrogens (tertiary/aromatic N) is 1. The summed E-state index contributed by atoms with van der Waals surface area (Å²) in [5, 5.41) is 5.69. The third kappa shape index (κ3) is 5.57. The summed E-state index contributed by atoms with van der Waals surface area (Å²) in [5.41, 5.74) is 2.04. The number of anilines is 1. The fraction of sp³-hybridized carbons (Fsp3) is 0.533. The van der Waals surface area contributed by atoms with E-state index in [-0.39, 0.29) is 6.03 Å². The largest absolute Gasteiger partial charge is 0.383 e. The zero-order valence-electron chi connectivity index (χ0n) is 12.4. The average Bonchev–Trinajstić information content (AvgIpc) is 2.51. The van der Waals surface area contributed by atoms with Crippen molar-refractivity contribution in [2.45, 2.75) is 6.54 Å². The van der Waals surface area contributed by atoms with E-state index in [2.05, 4.69) is 21.6 Å². The first kappa shape index (κ1) is 16.1. The standard InChI is InChI=1S/C15H23N3O2S/c1-20-9-6-16-15(19)17-14-5-3-2-4-13(14)12-18-7-10-21-11-8-18/h2-5H,6-12H2,1H3,(H2,16,17,19). The molecule has 21 heavy (non-hydrogen) atoms. The van der Waals surface area contributed by atoms with Crippen LogP contribution in [0.2, 0.25) is 0 Å². The first-order chi connectivity index (χ1) is 10.3. The van der Waals surface area contributed by atoms with Gasteiger partial charge in [0.2, 0.25) is 0 Å². The Morgan fingerprint density at radius 2 is 2.10 bits per heavy atom. The first-order valence-electron chi connectivity index (χ1n) is 7.21. The van der Waals surface area contributed by atoms with Gasteiger partial charge in [-0.3, -0.25) is 4.90 Å². The highest BCUT2D eigenvalue weighted by Crippen LogP contribution is 2.19. The maximum atomic E-state index is 11.8. The van der Waals surface area contributed by atoms with E-state index in [1.807, 2.05) is 30.0 Å². The van der Waals surface area contributed by atoms with Crippen molar-refractivity contribution in [2.24, 2.45) is 0 Å². The fourth-order valence-electron chi connectivity index (χ4n) is 2.21. The Morgan fingerprint density at radius 3 is 2.86 bits per heavy atom. The van der Waals surface area contributed by atoms with Crippen LogP contribution in [0.15, 0.2) is 24.3 Å². The third-order valence-electron chi connectivity index (χ3n) is 3.35. The molecular weight excluding hydrogens is 286 g/mol. The number of rotatable bonds is 6. The van der Waals surface area contributed by atoms with E-state index in [4.69, 9.17) is 4.74 Å². The van der Waals surface area contributed by atoms with Crippen LogP contribution in [-0.4, -0.2) is 55.8 Å². The summed E-state index contributed by atoms with van der Waals surface area (Å²) >= 11 is 2.00. The van der Waals surface area contributed by atoms with Crippen LogP contribution in [0.4, 0.5) is 10.5 Å². The first-order valence-corrected chi connectivity index (χ1v) is 8.37. The quantitative estimate of drug-likeness (QED) is 0.789. The molecule has 1 fully saturated rings. The molecule has 2 N–H and O–H groups in total. The van der Waals surface area contributed by atoms with Crippen LogP contribution in [0.3, 0.4) is 0 Å². The molecule has 1 heterocycles. The third-order valence-corrected chi connectivity index (χ3v) is 4.30. The SMILES string of the molecule is COCCNC(=O)Nc1ccccc1CN1CCSCC1. The van der Waals surface area contributed by atoms with Crippen molar-refractivity contribution in [1.82, 2.24) is 10.2 Å². The van der Waals surface area contributed by atoms with Crippen molar-refractivity contribution >= 4 is 23.5 Å². The minimum atomic E-state index is -0.186. The molecule has 1 aromatic rings. The van der Waals surface area contributed by atoms with Crippen molar-refractivity contribution in [3.05, 3.63) is 29.8 Å². The molecule has 0 bridgehead atoms. The monoisotopic (exact) mass is 309 g/mol. The van der Waals surface area contributed by atoms with Gasteiger partial charge in [0, 0.05) is 50.5 Å². The lowest BCUT2D eigenvalue weighted by atomic mass is 10.1. The summed E-state index contributed by atoms with van der Waals surface area (Å²) in [5.74, 6) is 2.38. The van der Waals surface area contributed by atoms with Crippen molar-refractivity contribution in [3.8, 4) is 0 Å². The van der Waals surface area contributed by atoms with Gasteiger partial charge in [0.05, 0.1) is 6.61 Å². The molecule has 0 atom stereocenters. The van der Waals surface area contributed by atoms with Crippen LogP contribution in [0.25, 0.3) is 0 Å². The number of benzene rings is 1. The number of ether oxygens (including phenoxy) is 1. The Balaban J connectivity index is 1.91. The molecule has 0 unspecified atom stereocenters. The number of carbonyl (C=O) groups excluding carboxylic acids is 1. The lowest BCUT2D eigenvalue weighted by Gasteiger charge is -2.27. The smallest absolute Gasteiger partial charge is 0.319 e. The second-order valence-electron chi connectivity index (χ2n) is 4.92. The van der Waals surface area contributed by atoms with Crippen molar-refractivity contribution in [1.29, 1.82) is 0 Å². The maximum absolute atomic E-state index is 11.8. The maximum Gasteiger partial charge on any atom is 0.319 e. The van der Waals surface area contributed by atoms with E-state index in [0.717, 1.165) is 30.9 Å². The Morgan fingerprint density at radius 1 is 1.33 bits per heavy atom. The van der Waals surface area contributed by atoms with E-state index < -0.39 is 0 Å². The number of methoxy groups -OCH3 is 1.